The fraction of sp³-hybridized carbons (Fsp3) is 0.450. The molecule has 5 rings (SSSR count). The molecule has 12 heteroatoms. The molecule has 3 aliphatic rings. The van der Waals surface area contributed by atoms with Gasteiger partial charge in [0.15, 0.2) is 0 Å². The standard InChI is InChI=1S/C20H22F3N3O3S3/c1-12-18(13-8-10-26(12)11-9-13)24-19(27)16-6-7-17(31-16)30-15-4-2-14(3-5-15)25-32(28,29)20(21,22)23/h2-7,12-13,18,25H,8-11H2,1H3,(H,24,27)/t12-,18+/m1/s1. The summed E-state index contributed by atoms with van der Waals surface area (Å²) >= 11 is 2.69. The van der Waals surface area contributed by atoms with Gasteiger partial charge in [-0.05, 0) is 75.2 Å². The van der Waals surface area contributed by atoms with Gasteiger partial charge in [-0.25, -0.2) is 0 Å². The fourth-order valence-corrected chi connectivity index (χ4v) is 6.75. The lowest BCUT2D eigenvalue weighted by Gasteiger charge is -2.49. The van der Waals surface area contributed by atoms with Gasteiger partial charge in [0.05, 0.1) is 9.09 Å². The second-order valence-electron chi connectivity index (χ2n) is 7.91. The summed E-state index contributed by atoms with van der Waals surface area (Å²) in [5, 5.41) is 3.20. The summed E-state index contributed by atoms with van der Waals surface area (Å²) in [5.41, 5.74) is -5.55. The van der Waals surface area contributed by atoms with Crippen molar-refractivity contribution in [3.05, 3.63) is 41.3 Å². The van der Waals surface area contributed by atoms with Crippen LogP contribution in [0.1, 0.15) is 29.4 Å². The molecule has 3 aliphatic heterocycles. The highest BCUT2D eigenvalue weighted by Gasteiger charge is 2.46. The fourth-order valence-electron chi connectivity index (χ4n) is 4.19. The molecule has 32 heavy (non-hydrogen) atoms. The SMILES string of the molecule is C[C@@H]1[C@H](NC(=O)c2ccc(Sc3ccc(NS(=O)(=O)C(F)(F)F)cc3)s2)C2CCN1CC2. The molecule has 0 radical (unpaired) electrons. The predicted octanol–water partition coefficient (Wildman–Crippen LogP) is 4.37. The summed E-state index contributed by atoms with van der Waals surface area (Å²) in [4.78, 5) is 16.5. The lowest BCUT2D eigenvalue weighted by atomic mass is 9.79. The Bertz CT molecular complexity index is 1080. The highest BCUT2D eigenvalue weighted by molar-refractivity contribution is 8.01. The number of nitrogens with zero attached hydrogens (tertiary/aromatic N) is 1. The highest BCUT2D eigenvalue weighted by atomic mass is 32.2. The van der Waals surface area contributed by atoms with E-state index < -0.39 is 15.5 Å². The number of hydrogen-bond acceptors (Lipinski definition) is 6. The summed E-state index contributed by atoms with van der Waals surface area (Å²) in [7, 11) is -5.45. The van der Waals surface area contributed by atoms with Gasteiger partial charge in [-0.2, -0.15) is 21.6 Å². The van der Waals surface area contributed by atoms with Gasteiger partial charge in [-0.15, -0.1) is 11.3 Å². The third kappa shape index (κ3) is 4.92. The van der Waals surface area contributed by atoms with E-state index in [0.717, 1.165) is 30.1 Å². The van der Waals surface area contributed by atoms with Gasteiger partial charge >= 0.3 is 15.5 Å². The number of carbonyl (C=O) groups excluding carboxylic acids is 1. The van der Waals surface area contributed by atoms with Crippen molar-refractivity contribution in [1.29, 1.82) is 0 Å². The van der Waals surface area contributed by atoms with Crippen molar-refractivity contribution in [3.8, 4) is 0 Å². The van der Waals surface area contributed by atoms with Crippen LogP contribution >= 0.6 is 23.1 Å². The molecular formula is C20H22F3N3O3S3. The van der Waals surface area contributed by atoms with Crippen molar-refractivity contribution >= 4 is 44.7 Å². The number of thiophene rings is 1. The molecule has 1 aromatic carbocycles. The third-order valence-corrected chi connectivity index (χ3v) is 9.25. The number of anilines is 1. The Balaban J connectivity index is 1.36. The molecule has 0 unspecified atom stereocenters. The Hall–Kier alpha value is -1.76. The van der Waals surface area contributed by atoms with Gasteiger partial charge in [-0.1, -0.05) is 11.8 Å². The van der Waals surface area contributed by atoms with Gasteiger partial charge in [-0.3, -0.25) is 14.4 Å². The van der Waals surface area contributed by atoms with Gasteiger partial charge in [0.1, 0.15) is 0 Å². The molecule has 6 nitrogen and oxygen atoms in total. The van der Waals surface area contributed by atoms with Crippen LogP contribution in [0.15, 0.2) is 45.5 Å². The number of halogens is 3. The second kappa shape index (κ2) is 8.88. The quantitative estimate of drug-likeness (QED) is 0.610. The van der Waals surface area contributed by atoms with E-state index in [1.165, 1.54) is 52.1 Å². The molecule has 2 aromatic rings. The normalized spacial score (nSPS) is 25.5. The maximum Gasteiger partial charge on any atom is 0.516 e. The summed E-state index contributed by atoms with van der Waals surface area (Å²) in [5.74, 6) is 0.422. The monoisotopic (exact) mass is 505 g/mol. The van der Waals surface area contributed by atoms with Gasteiger partial charge in [0, 0.05) is 22.7 Å². The molecular weight excluding hydrogens is 483 g/mol. The van der Waals surface area contributed by atoms with Crippen molar-refractivity contribution < 1.29 is 26.4 Å². The van der Waals surface area contributed by atoms with Crippen LogP contribution in [0.2, 0.25) is 0 Å². The van der Waals surface area contributed by atoms with Crippen LogP contribution in [0.3, 0.4) is 0 Å². The molecule has 0 spiro atoms. The zero-order chi connectivity index (χ0) is 23.1. The Morgan fingerprint density at radius 1 is 1.12 bits per heavy atom. The Labute approximate surface area is 192 Å². The van der Waals surface area contributed by atoms with E-state index in [-0.39, 0.29) is 17.6 Å². The molecule has 2 bridgehead atoms. The number of benzene rings is 1. The van der Waals surface area contributed by atoms with Crippen LogP contribution in [-0.2, 0) is 10.0 Å². The van der Waals surface area contributed by atoms with Crippen LogP contribution < -0.4 is 10.0 Å². The second-order valence-corrected chi connectivity index (χ2v) is 12.0. The van der Waals surface area contributed by atoms with Gasteiger partial charge in [0.2, 0.25) is 0 Å². The lowest BCUT2D eigenvalue weighted by molar-refractivity contribution is -0.0429. The Morgan fingerprint density at radius 3 is 2.38 bits per heavy atom. The summed E-state index contributed by atoms with van der Waals surface area (Å²) in [6.07, 6.45) is 2.21. The molecule has 174 valence electrons. The van der Waals surface area contributed by atoms with Crippen molar-refractivity contribution in [2.45, 2.75) is 46.5 Å². The van der Waals surface area contributed by atoms with E-state index in [4.69, 9.17) is 0 Å². The molecule has 2 N–H and O–H groups in total. The van der Waals surface area contributed by atoms with Crippen molar-refractivity contribution in [2.75, 3.05) is 17.8 Å². The minimum Gasteiger partial charge on any atom is -0.347 e. The topological polar surface area (TPSA) is 78.5 Å². The van der Waals surface area contributed by atoms with E-state index in [0.29, 0.717) is 21.7 Å². The Morgan fingerprint density at radius 2 is 1.78 bits per heavy atom. The van der Waals surface area contributed by atoms with E-state index >= 15 is 0 Å². The average molecular weight is 506 g/mol. The van der Waals surface area contributed by atoms with Crippen LogP contribution in [0.25, 0.3) is 0 Å². The largest absolute Gasteiger partial charge is 0.516 e. The molecule has 0 aliphatic carbocycles. The number of nitrogens with one attached hydrogen (secondary N) is 2. The van der Waals surface area contributed by atoms with Crippen molar-refractivity contribution in [3.63, 3.8) is 0 Å². The van der Waals surface area contributed by atoms with E-state index in [9.17, 15) is 26.4 Å². The lowest BCUT2D eigenvalue weighted by Crippen LogP contribution is -2.62. The molecule has 2 atom stereocenters. The first kappa shape index (κ1) is 23.4. The minimum atomic E-state index is -5.45. The average Bonchev–Trinajstić information content (AvgIpc) is 3.20. The highest BCUT2D eigenvalue weighted by Crippen LogP contribution is 2.36. The molecule has 1 amide bonds. The molecule has 4 heterocycles. The zero-order valence-electron chi connectivity index (χ0n) is 17.1. The predicted molar refractivity (Wildman–Crippen MR) is 118 cm³/mol. The van der Waals surface area contributed by atoms with Gasteiger partial charge in [0.25, 0.3) is 5.91 Å². The maximum absolute atomic E-state index is 12.8. The van der Waals surface area contributed by atoms with E-state index in [2.05, 4.69) is 17.1 Å². The molecule has 3 saturated heterocycles. The summed E-state index contributed by atoms with van der Waals surface area (Å²) in [6.45, 7) is 4.34. The molecule has 1 aromatic heterocycles. The number of hydrogen-bond donors (Lipinski definition) is 2. The number of alkyl halides is 3. The first-order valence-corrected chi connectivity index (χ1v) is 13.2. The Kier molecular flexibility index (Phi) is 6.49. The minimum absolute atomic E-state index is 0.0932. The smallest absolute Gasteiger partial charge is 0.347 e. The third-order valence-electron chi connectivity index (χ3n) is 5.91. The van der Waals surface area contributed by atoms with Crippen molar-refractivity contribution in [1.82, 2.24) is 10.2 Å². The number of carbonyl (C=O) groups is 1. The number of sulfonamides is 1. The first-order valence-electron chi connectivity index (χ1n) is 10.1. The number of piperidine rings is 3. The first-order chi connectivity index (χ1) is 15.0. The molecule has 0 saturated carbocycles. The van der Waals surface area contributed by atoms with E-state index in [1.54, 1.807) is 6.07 Å². The van der Waals surface area contributed by atoms with E-state index in [1.807, 2.05) is 6.07 Å². The van der Waals surface area contributed by atoms with Gasteiger partial charge < -0.3 is 5.32 Å². The zero-order valence-corrected chi connectivity index (χ0v) is 19.5. The number of rotatable bonds is 6. The summed E-state index contributed by atoms with van der Waals surface area (Å²) in [6, 6.07) is 9.64. The summed E-state index contributed by atoms with van der Waals surface area (Å²) < 4.78 is 62.2. The van der Waals surface area contributed by atoms with Crippen LogP contribution in [0.5, 0.6) is 0 Å². The number of fused-ring (bicyclic) bond motifs is 3. The van der Waals surface area contributed by atoms with Crippen molar-refractivity contribution in [2.24, 2.45) is 5.92 Å². The number of amides is 1. The van der Waals surface area contributed by atoms with Crippen LogP contribution in [0, 0.1) is 5.92 Å². The maximum atomic E-state index is 12.8. The molecule has 3 fully saturated rings. The van der Waals surface area contributed by atoms with Crippen LogP contribution in [-0.4, -0.2) is 49.9 Å². The van der Waals surface area contributed by atoms with Crippen LogP contribution in [0.4, 0.5) is 18.9 Å².